The predicted octanol–water partition coefficient (Wildman–Crippen LogP) is 5.69. The molecule has 1 aromatic rings. The highest BCUT2D eigenvalue weighted by molar-refractivity contribution is 5.29. The van der Waals surface area contributed by atoms with Crippen molar-refractivity contribution in [3.63, 3.8) is 0 Å². The SMILES string of the molecule is CCCC(C)c1nc(C(C)(C)C)c(C(C)(C)CCC)[nH]1. The molecule has 2 heteroatoms. The molecule has 1 unspecified atom stereocenters. The van der Waals surface area contributed by atoms with Gasteiger partial charge in [0.05, 0.1) is 5.69 Å². The van der Waals surface area contributed by atoms with Crippen LogP contribution in [0, 0.1) is 0 Å². The Morgan fingerprint density at radius 2 is 1.65 bits per heavy atom. The molecule has 0 aromatic carbocycles. The topological polar surface area (TPSA) is 28.7 Å². The molecule has 1 heterocycles. The summed E-state index contributed by atoms with van der Waals surface area (Å²) < 4.78 is 0. The maximum atomic E-state index is 4.99. The number of nitrogens with one attached hydrogen (secondary N) is 1. The van der Waals surface area contributed by atoms with Crippen LogP contribution in [0.5, 0.6) is 0 Å². The molecule has 0 aliphatic carbocycles. The molecule has 0 spiro atoms. The third-order valence-corrected chi connectivity index (χ3v) is 4.17. The third-order valence-electron chi connectivity index (χ3n) is 4.17. The summed E-state index contributed by atoms with van der Waals surface area (Å²) in [6, 6.07) is 0. The standard InChI is InChI=1S/C18H34N2/c1-9-11-13(3)16-19-14(17(4,5)6)15(20-16)18(7,8)12-10-2/h13H,9-12H2,1-8H3,(H,19,20). The largest absolute Gasteiger partial charge is 0.345 e. The van der Waals surface area contributed by atoms with Gasteiger partial charge in [-0.1, -0.05) is 68.2 Å². The minimum absolute atomic E-state index is 0.0982. The van der Waals surface area contributed by atoms with Gasteiger partial charge >= 0.3 is 0 Å². The molecule has 0 aliphatic heterocycles. The molecule has 0 aliphatic rings. The highest BCUT2D eigenvalue weighted by atomic mass is 15.0. The molecule has 1 N–H and O–H groups in total. The van der Waals surface area contributed by atoms with E-state index in [1.165, 1.54) is 42.9 Å². The lowest BCUT2D eigenvalue weighted by atomic mass is 9.78. The van der Waals surface area contributed by atoms with Gasteiger partial charge < -0.3 is 4.98 Å². The molecule has 0 radical (unpaired) electrons. The molecule has 2 nitrogen and oxygen atoms in total. The van der Waals surface area contributed by atoms with Gasteiger partial charge in [-0.05, 0) is 12.8 Å². The molecule has 0 bridgehead atoms. The summed E-state index contributed by atoms with van der Waals surface area (Å²) in [4.78, 5) is 8.68. The molecule has 1 aromatic heterocycles. The van der Waals surface area contributed by atoms with Crippen molar-refractivity contribution in [1.29, 1.82) is 0 Å². The van der Waals surface area contributed by atoms with Crippen molar-refractivity contribution in [2.45, 2.75) is 97.8 Å². The lowest BCUT2D eigenvalue weighted by Gasteiger charge is -2.28. The fourth-order valence-electron chi connectivity index (χ4n) is 2.98. The Kier molecular flexibility index (Phi) is 5.46. The van der Waals surface area contributed by atoms with Gasteiger partial charge in [0.25, 0.3) is 0 Å². The number of rotatable bonds is 6. The summed E-state index contributed by atoms with van der Waals surface area (Å²) in [6.45, 7) is 18.3. The fourth-order valence-corrected chi connectivity index (χ4v) is 2.98. The van der Waals surface area contributed by atoms with Crippen LogP contribution in [-0.2, 0) is 10.8 Å². The molecular formula is C18H34N2. The summed E-state index contributed by atoms with van der Waals surface area (Å²) in [7, 11) is 0. The minimum atomic E-state index is 0.0982. The van der Waals surface area contributed by atoms with Gasteiger partial charge in [-0.25, -0.2) is 4.98 Å². The van der Waals surface area contributed by atoms with Crippen LogP contribution >= 0.6 is 0 Å². The smallest absolute Gasteiger partial charge is 0.109 e. The van der Waals surface area contributed by atoms with Crippen LogP contribution in [0.25, 0.3) is 0 Å². The summed E-state index contributed by atoms with van der Waals surface area (Å²) >= 11 is 0. The molecular weight excluding hydrogens is 244 g/mol. The normalized spacial score (nSPS) is 14.6. The molecule has 0 saturated heterocycles. The Bertz CT molecular complexity index is 421. The van der Waals surface area contributed by atoms with E-state index in [0.717, 1.165) is 0 Å². The van der Waals surface area contributed by atoms with Crippen LogP contribution in [0.4, 0.5) is 0 Å². The first-order chi connectivity index (χ1) is 9.13. The second-order valence-corrected chi connectivity index (χ2v) is 7.92. The van der Waals surface area contributed by atoms with E-state index in [-0.39, 0.29) is 10.8 Å². The van der Waals surface area contributed by atoms with Crippen molar-refractivity contribution in [3.8, 4) is 0 Å². The first kappa shape index (κ1) is 17.3. The number of imidazole rings is 1. The molecule has 1 atom stereocenters. The highest BCUT2D eigenvalue weighted by Crippen LogP contribution is 2.36. The van der Waals surface area contributed by atoms with Gasteiger partial charge in [0, 0.05) is 22.4 Å². The van der Waals surface area contributed by atoms with E-state index >= 15 is 0 Å². The highest BCUT2D eigenvalue weighted by Gasteiger charge is 2.32. The van der Waals surface area contributed by atoms with E-state index in [4.69, 9.17) is 4.98 Å². The van der Waals surface area contributed by atoms with Crippen molar-refractivity contribution in [2.24, 2.45) is 0 Å². The van der Waals surface area contributed by atoms with E-state index in [1.807, 2.05) is 0 Å². The monoisotopic (exact) mass is 278 g/mol. The molecule has 0 fully saturated rings. The number of H-pyrrole nitrogens is 1. The third kappa shape index (κ3) is 3.86. The van der Waals surface area contributed by atoms with E-state index in [1.54, 1.807) is 0 Å². The first-order valence-corrected chi connectivity index (χ1v) is 8.24. The molecule has 0 saturated carbocycles. The average molecular weight is 278 g/mol. The molecule has 20 heavy (non-hydrogen) atoms. The zero-order valence-electron chi connectivity index (χ0n) is 14.9. The Morgan fingerprint density at radius 3 is 2.10 bits per heavy atom. The summed E-state index contributed by atoms with van der Waals surface area (Å²) in [5.41, 5.74) is 2.88. The summed E-state index contributed by atoms with van der Waals surface area (Å²) in [6.07, 6.45) is 4.81. The van der Waals surface area contributed by atoms with Crippen LogP contribution in [0.1, 0.15) is 104 Å². The average Bonchev–Trinajstić information content (AvgIpc) is 2.74. The first-order valence-electron chi connectivity index (χ1n) is 8.24. The Morgan fingerprint density at radius 1 is 1.05 bits per heavy atom. The van der Waals surface area contributed by atoms with Gasteiger partial charge in [0.15, 0.2) is 0 Å². The quantitative estimate of drug-likeness (QED) is 0.711. The Hall–Kier alpha value is -0.790. The van der Waals surface area contributed by atoms with Crippen LogP contribution < -0.4 is 0 Å². The number of aromatic nitrogens is 2. The van der Waals surface area contributed by atoms with Crippen LogP contribution in [0.3, 0.4) is 0 Å². The zero-order chi connectivity index (χ0) is 15.6. The second kappa shape index (κ2) is 6.32. The van der Waals surface area contributed by atoms with Crippen molar-refractivity contribution < 1.29 is 0 Å². The lowest BCUT2D eigenvalue weighted by molar-refractivity contribution is 0.441. The molecule has 0 amide bonds. The van der Waals surface area contributed by atoms with E-state index in [0.29, 0.717) is 5.92 Å². The van der Waals surface area contributed by atoms with Gasteiger partial charge in [-0.15, -0.1) is 0 Å². The van der Waals surface area contributed by atoms with E-state index in [9.17, 15) is 0 Å². The maximum absolute atomic E-state index is 4.99. The minimum Gasteiger partial charge on any atom is -0.345 e. The van der Waals surface area contributed by atoms with Gasteiger partial charge in [0.1, 0.15) is 5.82 Å². The Balaban J connectivity index is 3.27. The fraction of sp³-hybridized carbons (Fsp3) is 0.833. The van der Waals surface area contributed by atoms with Gasteiger partial charge in [-0.2, -0.15) is 0 Å². The van der Waals surface area contributed by atoms with Crippen molar-refractivity contribution in [1.82, 2.24) is 9.97 Å². The summed E-state index contributed by atoms with van der Waals surface area (Å²) in [5.74, 6) is 1.70. The number of aromatic amines is 1. The van der Waals surface area contributed by atoms with Gasteiger partial charge in [-0.3, -0.25) is 0 Å². The van der Waals surface area contributed by atoms with E-state index < -0.39 is 0 Å². The number of hydrogen-bond donors (Lipinski definition) is 1. The van der Waals surface area contributed by atoms with Crippen LogP contribution in [0.15, 0.2) is 0 Å². The van der Waals surface area contributed by atoms with Gasteiger partial charge in [0.2, 0.25) is 0 Å². The number of hydrogen-bond acceptors (Lipinski definition) is 1. The molecule has 1 rings (SSSR count). The lowest BCUT2D eigenvalue weighted by Crippen LogP contribution is -2.24. The van der Waals surface area contributed by atoms with E-state index in [2.05, 4.69) is 60.4 Å². The zero-order valence-corrected chi connectivity index (χ0v) is 14.9. The predicted molar refractivity (Wildman–Crippen MR) is 88.5 cm³/mol. The Labute approximate surface area is 125 Å². The van der Waals surface area contributed by atoms with Crippen molar-refractivity contribution >= 4 is 0 Å². The maximum Gasteiger partial charge on any atom is 0.109 e. The van der Waals surface area contributed by atoms with Crippen molar-refractivity contribution in [3.05, 3.63) is 17.2 Å². The van der Waals surface area contributed by atoms with Crippen LogP contribution in [-0.4, -0.2) is 9.97 Å². The molecule has 116 valence electrons. The second-order valence-electron chi connectivity index (χ2n) is 7.92. The van der Waals surface area contributed by atoms with Crippen molar-refractivity contribution in [2.75, 3.05) is 0 Å². The summed E-state index contributed by atoms with van der Waals surface area (Å²) in [5, 5.41) is 0. The number of nitrogens with zero attached hydrogens (tertiary/aromatic N) is 1. The van der Waals surface area contributed by atoms with Crippen LogP contribution in [0.2, 0.25) is 0 Å².